The van der Waals surface area contributed by atoms with Gasteiger partial charge in [-0.3, -0.25) is 10.1 Å². The van der Waals surface area contributed by atoms with Crippen LogP contribution in [0.25, 0.3) is 0 Å². The summed E-state index contributed by atoms with van der Waals surface area (Å²) in [6, 6.07) is 7.32. The van der Waals surface area contributed by atoms with Crippen molar-refractivity contribution in [1.82, 2.24) is 10.6 Å². The van der Waals surface area contributed by atoms with Crippen molar-refractivity contribution in [1.29, 1.82) is 0 Å². The number of carbonyl (C=O) groups excluding carboxylic acids is 1. The number of fused-ring (bicyclic) bond motifs is 1. The molecule has 0 aliphatic heterocycles. The van der Waals surface area contributed by atoms with Gasteiger partial charge in [0.2, 0.25) is 5.91 Å². The van der Waals surface area contributed by atoms with Crippen LogP contribution in [0.2, 0.25) is 0 Å². The van der Waals surface area contributed by atoms with E-state index in [1.165, 1.54) is 42.4 Å². The summed E-state index contributed by atoms with van der Waals surface area (Å²) in [4.78, 5) is 12.0. The van der Waals surface area contributed by atoms with Gasteiger partial charge in [-0.25, -0.2) is 0 Å². The Morgan fingerprint density at radius 2 is 1.86 bits per heavy atom. The maximum atomic E-state index is 12.0. The molecule has 0 spiro atoms. The standard InChI is InChI=1S/C18H26N2O/c1-12(19-13(2)18(21)20-17-9-10-17)15-8-7-14-5-3-4-6-16(14)11-15/h7-8,11-13,17,19H,3-6,9-10H2,1-2H3,(H,20,21). The summed E-state index contributed by atoms with van der Waals surface area (Å²) in [5.74, 6) is 0.127. The highest BCUT2D eigenvalue weighted by Gasteiger charge is 2.26. The highest BCUT2D eigenvalue weighted by molar-refractivity contribution is 5.81. The van der Waals surface area contributed by atoms with Gasteiger partial charge in [0.15, 0.2) is 0 Å². The normalized spacial score (nSPS) is 20.5. The topological polar surface area (TPSA) is 41.1 Å². The Hall–Kier alpha value is -1.35. The predicted octanol–water partition coefficient (Wildman–Crippen LogP) is 2.88. The summed E-state index contributed by atoms with van der Waals surface area (Å²) in [5.41, 5.74) is 4.31. The van der Waals surface area contributed by atoms with Crippen LogP contribution in [-0.4, -0.2) is 18.0 Å². The summed E-state index contributed by atoms with van der Waals surface area (Å²) >= 11 is 0. The van der Waals surface area contributed by atoms with Crippen LogP contribution < -0.4 is 10.6 Å². The van der Waals surface area contributed by atoms with E-state index >= 15 is 0 Å². The Morgan fingerprint density at radius 1 is 1.14 bits per heavy atom. The van der Waals surface area contributed by atoms with Crippen LogP contribution in [0.5, 0.6) is 0 Å². The first-order valence-electron chi connectivity index (χ1n) is 8.31. The molecule has 2 aliphatic carbocycles. The van der Waals surface area contributed by atoms with Gasteiger partial charge in [-0.05, 0) is 69.1 Å². The van der Waals surface area contributed by atoms with Gasteiger partial charge >= 0.3 is 0 Å². The molecule has 2 aliphatic rings. The quantitative estimate of drug-likeness (QED) is 0.874. The lowest BCUT2D eigenvalue weighted by molar-refractivity contribution is -0.123. The van der Waals surface area contributed by atoms with Crippen molar-refractivity contribution < 1.29 is 4.79 Å². The highest BCUT2D eigenvalue weighted by Crippen LogP contribution is 2.25. The zero-order valence-corrected chi connectivity index (χ0v) is 13.1. The van der Waals surface area contributed by atoms with Crippen molar-refractivity contribution in [2.24, 2.45) is 0 Å². The zero-order chi connectivity index (χ0) is 14.8. The zero-order valence-electron chi connectivity index (χ0n) is 13.1. The van der Waals surface area contributed by atoms with E-state index in [1.807, 2.05) is 6.92 Å². The number of aryl methyl sites for hydroxylation is 2. The van der Waals surface area contributed by atoms with Gasteiger partial charge in [0.05, 0.1) is 6.04 Å². The monoisotopic (exact) mass is 286 g/mol. The fourth-order valence-corrected chi connectivity index (χ4v) is 3.12. The summed E-state index contributed by atoms with van der Waals surface area (Å²) in [5, 5.41) is 6.48. The fourth-order valence-electron chi connectivity index (χ4n) is 3.12. The molecule has 0 bridgehead atoms. The molecule has 3 nitrogen and oxygen atoms in total. The number of amides is 1. The number of rotatable bonds is 5. The van der Waals surface area contributed by atoms with Crippen molar-refractivity contribution in [3.05, 3.63) is 34.9 Å². The third kappa shape index (κ3) is 3.65. The van der Waals surface area contributed by atoms with Gasteiger partial charge < -0.3 is 5.32 Å². The van der Waals surface area contributed by atoms with Gasteiger partial charge in [-0.2, -0.15) is 0 Å². The lowest BCUT2D eigenvalue weighted by atomic mass is 9.89. The highest BCUT2D eigenvalue weighted by atomic mass is 16.2. The van der Waals surface area contributed by atoms with Crippen molar-refractivity contribution in [2.45, 2.75) is 70.5 Å². The van der Waals surface area contributed by atoms with Crippen LogP contribution in [0.4, 0.5) is 0 Å². The molecule has 2 atom stereocenters. The molecule has 3 heteroatoms. The second-order valence-electron chi connectivity index (χ2n) is 6.63. The fraction of sp³-hybridized carbons (Fsp3) is 0.611. The molecule has 114 valence electrons. The van der Waals surface area contributed by atoms with Crippen molar-refractivity contribution >= 4 is 5.91 Å². The molecule has 1 saturated carbocycles. The molecule has 2 N–H and O–H groups in total. The van der Waals surface area contributed by atoms with E-state index in [0.29, 0.717) is 6.04 Å². The minimum atomic E-state index is -0.142. The number of hydrogen-bond acceptors (Lipinski definition) is 2. The van der Waals surface area contributed by atoms with Crippen molar-refractivity contribution in [2.75, 3.05) is 0 Å². The molecule has 1 aromatic rings. The van der Waals surface area contributed by atoms with E-state index in [9.17, 15) is 4.79 Å². The Morgan fingerprint density at radius 3 is 2.57 bits per heavy atom. The minimum absolute atomic E-state index is 0.127. The molecule has 1 fully saturated rings. The third-order valence-corrected chi connectivity index (χ3v) is 4.69. The number of hydrogen-bond donors (Lipinski definition) is 2. The molecule has 1 amide bonds. The third-order valence-electron chi connectivity index (χ3n) is 4.69. The molecule has 2 unspecified atom stereocenters. The van der Waals surface area contributed by atoms with Crippen LogP contribution in [0, 0.1) is 0 Å². The summed E-state index contributed by atoms with van der Waals surface area (Å²) < 4.78 is 0. The molecule has 1 aromatic carbocycles. The number of nitrogens with one attached hydrogen (secondary N) is 2. The molecule has 0 aromatic heterocycles. The molecular weight excluding hydrogens is 260 g/mol. The number of benzene rings is 1. The summed E-state index contributed by atoms with van der Waals surface area (Å²) in [6.45, 7) is 4.10. The van der Waals surface area contributed by atoms with Crippen LogP contribution in [-0.2, 0) is 17.6 Å². The summed E-state index contributed by atoms with van der Waals surface area (Å²) in [7, 11) is 0. The van der Waals surface area contributed by atoms with E-state index in [4.69, 9.17) is 0 Å². The second-order valence-corrected chi connectivity index (χ2v) is 6.63. The molecule has 3 rings (SSSR count). The van der Waals surface area contributed by atoms with E-state index in [2.05, 4.69) is 35.8 Å². The second kappa shape index (κ2) is 6.18. The Kier molecular flexibility index (Phi) is 4.29. The lowest BCUT2D eigenvalue weighted by Crippen LogP contribution is -2.43. The first kappa shape index (κ1) is 14.6. The molecular formula is C18H26N2O. The minimum Gasteiger partial charge on any atom is -0.352 e. The first-order chi connectivity index (χ1) is 10.1. The van der Waals surface area contributed by atoms with Gasteiger partial charge in [-0.15, -0.1) is 0 Å². The SMILES string of the molecule is CC(NC(C)c1ccc2c(c1)CCCC2)C(=O)NC1CC1. The van der Waals surface area contributed by atoms with Gasteiger partial charge in [-0.1, -0.05) is 18.2 Å². The number of carbonyl (C=O) groups is 1. The lowest BCUT2D eigenvalue weighted by Gasteiger charge is -2.22. The average molecular weight is 286 g/mol. The molecule has 0 heterocycles. The first-order valence-corrected chi connectivity index (χ1v) is 8.31. The Balaban J connectivity index is 1.61. The Bertz CT molecular complexity index is 522. The maximum Gasteiger partial charge on any atom is 0.237 e. The van der Waals surface area contributed by atoms with Crippen LogP contribution in [0.15, 0.2) is 18.2 Å². The van der Waals surface area contributed by atoms with E-state index in [-0.39, 0.29) is 18.0 Å². The van der Waals surface area contributed by atoms with E-state index in [0.717, 1.165) is 12.8 Å². The van der Waals surface area contributed by atoms with Crippen LogP contribution in [0.3, 0.4) is 0 Å². The van der Waals surface area contributed by atoms with Crippen LogP contribution in [0.1, 0.15) is 62.3 Å². The van der Waals surface area contributed by atoms with Crippen molar-refractivity contribution in [3.8, 4) is 0 Å². The largest absolute Gasteiger partial charge is 0.352 e. The van der Waals surface area contributed by atoms with Crippen molar-refractivity contribution in [3.63, 3.8) is 0 Å². The van der Waals surface area contributed by atoms with E-state index in [1.54, 1.807) is 0 Å². The average Bonchev–Trinajstić information content (AvgIpc) is 3.30. The smallest absolute Gasteiger partial charge is 0.237 e. The molecule has 0 saturated heterocycles. The summed E-state index contributed by atoms with van der Waals surface area (Å²) in [6.07, 6.45) is 7.32. The molecule has 0 radical (unpaired) electrons. The van der Waals surface area contributed by atoms with Gasteiger partial charge in [0.25, 0.3) is 0 Å². The Labute approximate surface area is 127 Å². The predicted molar refractivity (Wildman–Crippen MR) is 85.3 cm³/mol. The molecule has 21 heavy (non-hydrogen) atoms. The van der Waals surface area contributed by atoms with E-state index < -0.39 is 0 Å². The maximum absolute atomic E-state index is 12.0. The van der Waals surface area contributed by atoms with Gasteiger partial charge in [0.1, 0.15) is 0 Å². The van der Waals surface area contributed by atoms with Crippen LogP contribution >= 0.6 is 0 Å². The van der Waals surface area contributed by atoms with Gasteiger partial charge in [0, 0.05) is 12.1 Å².